The minimum absolute atomic E-state index is 0.119. The van der Waals surface area contributed by atoms with Crippen molar-refractivity contribution in [3.8, 4) is 0 Å². The lowest BCUT2D eigenvalue weighted by atomic mass is 10.1. The highest BCUT2D eigenvalue weighted by atomic mass is 19.1. The Balaban J connectivity index is 2.01. The molecule has 0 bridgehead atoms. The number of amides is 2. The molecule has 0 aliphatic carbocycles. The molecule has 2 amide bonds. The highest BCUT2D eigenvalue weighted by Crippen LogP contribution is 2.24. The van der Waals surface area contributed by atoms with Crippen LogP contribution in [0.5, 0.6) is 0 Å². The van der Waals surface area contributed by atoms with E-state index in [0.29, 0.717) is 6.42 Å². The highest BCUT2D eigenvalue weighted by Gasteiger charge is 2.18. The summed E-state index contributed by atoms with van der Waals surface area (Å²) in [6.07, 6.45) is -0.194. The van der Waals surface area contributed by atoms with Crippen LogP contribution < -0.4 is 10.6 Å². The molecule has 0 unspecified atom stereocenters. The summed E-state index contributed by atoms with van der Waals surface area (Å²) in [6, 6.07) is 9.46. The van der Waals surface area contributed by atoms with Crippen LogP contribution in [0.4, 0.5) is 25.0 Å². The number of rotatable bonds is 5. The Labute approximate surface area is 156 Å². The molecule has 0 aliphatic rings. The van der Waals surface area contributed by atoms with Gasteiger partial charge in [0.25, 0.3) is 0 Å². The number of anilines is 2. The first-order valence-electron chi connectivity index (χ1n) is 8.46. The van der Waals surface area contributed by atoms with Gasteiger partial charge in [-0.25, -0.2) is 13.6 Å². The third-order valence-corrected chi connectivity index (χ3v) is 3.45. The molecular formula is C20H22F2N2O3. The van der Waals surface area contributed by atoms with E-state index in [2.05, 4.69) is 10.6 Å². The number of nitrogens with one attached hydrogen (secondary N) is 2. The molecule has 0 saturated carbocycles. The minimum atomic E-state index is -0.712. The van der Waals surface area contributed by atoms with Crippen LogP contribution in [0, 0.1) is 11.6 Å². The summed E-state index contributed by atoms with van der Waals surface area (Å²) in [5, 5.41) is 5.07. The van der Waals surface area contributed by atoms with Crippen molar-refractivity contribution < 1.29 is 23.1 Å². The molecule has 0 saturated heterocycles. The van der Waals surface area contributed by atoms with E-state index in [1.54, 1.807) is 32.9 Å². The molecule has 0 spiro atoms. The van der Waals surface area contributed by atoms with Crippen LogP contribution >= 0.6 is 0 Å². The largest absolute Gasteiger partial charge is 0.444 e. The van der Waals surface area contributed by atoms with E-state index in [4.69, 9.17) is 4.74 Å². The zero-order valence-corrected chi connectivity index (χ0v) is 15.4. The molecule has 5 nitrogen and oxygen atoms in total. The summed E-state index contributed by atoms with van der Waals surface area (Å²) < 4.78 is 31.6. The van der Waals surface area contributed by atoms with Crippen molar-refractivity contribution in [3.05, 3.63) is 59.7 Å². The van der Waals surface area contributed by atoms with Gasteiger partial charge in [0.2, 0.25) is 5.91 Å². The van der Waals surface area contributed by atoms with Gasteiger partial charge < -0.3 is 10.1 Å². The second kappa shape index (κ2) is 8.62. The van der Waals surface area contributed by atoms with Gasteiger partial charge in [0.05, 0.1) is 11.4 Å². The molecule has 0 fully saturated rings. The lowest BCUT2D eigenvalue weighted by Crippen LogP contribution is -2.27. The van der Waals surface area contributed by atoms with E-state index in [-0.39, 0.29) is 29.5 Å². The fourth-order valence-electron chi connectivity index (χ4n) is 2.26. The zero-order valence-electron chi connectivity index (χ0n) is 15.4. The van der Waals surface area contributed by atoms with Gasteiger partial charge in [-0.2, -0.15) is 0 Å². The molecule has 2 N–H and O–H groups in total. The molecule has 27 heavy (non-hydrogen) atoms. The van der Waals surface area contributed by atoms with Crippen molar-refractivity contribution in [2.45, 2.75) is 39.2 Å². The predicted octanol–water partition coefficient (Wildman–Crippen LogP) is 4.88. The Hall–Kier alpha value is -2.96. The van der Waals surface area contributed by atoms with Gasteiger partial charge in [0, 0.05) is 6.42 Å². The van der Waals surface area contributed by atoms with Crippen LogP contribution in [0.1, 0.15) is 32.8 Å². The third-order valence-electron chi connectivity index (χ3n) is 3.45. The number of benzene rings is 2. The molecule has 7 heteroatoms. The number of carbonyl (C=O) groups is 2. The standard InChI is InChI=1S/C20H22F2N2O3/c1-20(2,3)27-19(26)24-16-10-9-15(22)12-17(16)23-18(25)11-6-13-4-7-14(21)8-5-13/h4-5,7-10,12H,6,11H2,1-3H3,(H,23,25)(H,24,26). The average Bonchev–Trinajstić information content (AvgIpc) is 2.55. The van der Waals surface area contributed by atoms with E-state index in [0.717, 1.165) is 11.6 Å². The molecular weight excluding hydrogens is 354 g/mol. The normalized spacial score (nSPS) is 11.0. The van der Waals surface area contributed by atoms with Gasteiger partial charge in [-0.1, -0.05) is 12.1 Å². The van der Waals surface area contributed by atoms with Crippen molar-refractivity contribution in [2.75, 3.05) is 10.6 Å². The summed E-state index contributed by atoms with van der Waals surface area (Å²) in [4.78, 5) is 24.1. The SMILES string of the molecule is CC(C)(C)OC(=O)Nc1ccc(F)cc1NC(=O)CCc1ccc(F)cc1. The Morgan fingerprint density at radius 1 is 0.926 bits per heavy atom. The van der Waals surface area contributed by atoms with Crippen LogP contribution in [0.3, 0.4) is 0 Å². The molecule has 2 aromatic carbocycles. The number of ether oxygens (including phenoxy) is 1. The molecule has 0 atom stereocenters. The van der Waals surface area contributed by atoms with Gasteiger partial charge in [-0.05, 0) is 63.1 Å². The van der Waals surface area contributed by atoms with Crippen LogP contribution in [-0.2, 0) is 16.0 Å². The van der Waals surface area contributed by atoms with E-state index >= 15 is 0 Å². The van der Waals surface area contributed by atoms with Gasteiger partial charge in [-0.15, -0.1) is 0 Å². The maximum Gasteiger partial charge on any atom is 0.412 e. The average molecular weight is 376 g/mol. The van der Waals surface area contributed by atoms with E-state index in [1.807, 2.05) is 0 Å². The Morgan fingerprint density at radius 2 is 1.56 bits per heavy atom. The van der Waals surface area contributed by atoms with E-state index in [9.17, 15) is 18.4 Å². The monoisotopic (exact) mass is 376 g/mol. The molecule has 0 aliphatic heterocycles. The van der Waals surface area contributed by atoms with Crippen molar-refractivity contribution >= 4 is 23.4 Å². The van der Waals surface area contributed by atoms with Crippen molar-refractivity contribution in [1.29, 1.82) is 0 Å². The lowest BCUT2D eigenvalue weighted by Gasteiger charge is -2.20. The summed E-state index contributed by atoms with van der Waals surface area (Å²) in [6.45, 7) is 5.15. The first-order chi connectivity index (χ1) is 12.6. The van der Waals surface area contributed by atoms with Crippen LogP contribution in [0.15, 0.2) is 42.5 Å². The topological polar surface area (TPSA) is 67.4 Å². The Bertz CT molecular complexity index is 815. The maximum atomic E-state index is 13.6. The van der Waals surface area contributed by atoms with E-state index < -0.39 is 17.5 Å². The molecule has 0 heterocycles. The van der Waals surface area contributed by atoms with E-state index in [1.165, 1.54) is 24.3 Å². The number of aryl methyl sites for hydroxylation is 1. The predicted molar refractivity (Wildman–Crippen MR) is 99.6 cm³/mol. The highest BCUT2D eigenvalue weighted by molar-refractivity contribution is 5.97. The summed E-state index contributed by atoms with van der Waals surface area (Å²) >= 11 is 0. The number of hydrogen-bond acceptors (Lipinski definition) is 3. The number of hydrogen-bond donors (Lipinski definition) is 2. The van der Waals surface area contributed by atoms with Gasteiger partial charge in [0.1, 0.15) is 17.2 Å². The fraction of sp³-hybridized carbons (Fsp3) is 0.300. The van der Waals surface area contributed by atoms with Gasteiger partial charge >= 0.3 is 6.09 Å². The molecule has 2 aromatic rings. The van der Waals surface area contributed by atoms with Crippen molar-refractivity contribution in [3.63, 3.8) is 0 Å². The maximum absolute atomic E-state index is 13.6. The first-order valence-corrected chi connectivity index (χ1v) is 8.46. The second-order valence-electron chi connectivity index (χ2n) is 6.99. The smallest absolute Gasteiger partial charge is 0.412 e. The summed E-state index contributed by atoms with van der Waals surface area (Å²) in [5.41, 5.74) is 0.464. The lowest BCUT2D eigenvalue weighted by molar-refractivity contribution is -0.116. The van der Waals surface area contributed by atoms with Gasteiger partial charge in [0.15, 0.2) is 0 Å². The fourth-order valence-corrected chi connectivity index (χ4v) is 2.26. The summed E-state index contributed by atoms with van der Waals surface area (Å²) in [7, 11) is 0. The van der Waals surface area contributed by atoms with Crippen LogP contribution in [0.25, 0.3) is 0 Å². The van der Waals surface area contributed by atoms with Gasteiger partial charge in [-0.3, -0.25) is 10.1 Å². The summed E-state index contributed by atoms with van der Waals surface area (Å²) in [5.74, 6) is -1.27. The number of halogens is 2. The Kier molecular flexibility index (Phi) is 6.50. The quantitative estimate of drug-likeness (QED) is 0.781. The Morgan fingerprint density at radius 3 is 2.19 bits per heavy atom. The molecule has 0 radical (unpaired) electrons. The molecule has 2 rings (SSSR count). The third kappa shape index (κ3) is 7.05. The van der Waals surface area contributed by atoms with Crippen LogP contribution in [-0.4, -0.2) is 17.6 Å². The van der Waals surface area contributed by atoms with Crippen molar-refractivity contribution in [1.82, 2.24) is 0 Å². The van der Waals surface area contributed by atoms with Crippen molar-refractivity contribution in [2.24, 2.45) is 0 Å². The number of carbonyl (C=O) groups excluding carboxylic acids is 2. The zero-order chi connectivity index (χ0) is 20.0. The first kappa shape index (κ1) is 20.4. The second-order valence-corrected chi connectivity index (χ2v) is 6.99. The minimum Gasteiger partial charge on any atom is -0.444 e. The molecule has 144 valence electrons. The van der Waals surface area contributed by atoms with Crippen LogP contribution in [0.2, 0.25) is 0 Å². The molecule has 0 aromatic heterocycles.